The molecule has 0 saturated carbocycles. The van der Waals surface area contributed by atoms with Crippen LogP contribution in [0.25, 0.3) is 0 Å². The van der Waals surface area contributed by atoms with Crippen LogP contribution in [-0.2, 0) is 6.42 Å². The normalized spacial score (nSPS) is 10.0. The molecule has 2 N–H and O–H groups in total. The molecule has 50 valence electrons. The van der Waals surface area contributed by atoms with E-state index in [-0.39, 0.29) is 0 Å². The second kappa shape index (κ2) is 2.99. The van der Waals surface area contributed by atoms with Crippen molar-refractivity contribution in [1.29, 1.82) is 0 Å². The molecule has 1 heterocycles. The van der Waals surface area contributed by atoms with Crippen molar-refractivity contribution in [2.24, 2.45) is 5.73 Å². The zero-order valence-electron chi connectivity index (χ0n) is 5.55. The Morgan fingerprint density at radius 3 is 2.89 bits per heavy atom. The molecule has 0 aliphatic rings. The summed E-state index contributed by atoms with van der Waals surface area (Å²) < 4.78 is 0. The van der Waals surface area contributed by atoms with Gasteiger partial charge in [0, 0.05) is 4.88 Å². The summed E-state index contributed by atoms with van der Waals surface area (Å²) in [6, 6.07) is 2.15. The molecule has 1 rings (SSSR count). The number of nitrogens with two attached hydrogens (primary N) is 1. The SMILES string of the molecule is Cc1sccc1CCN. The molecule has 0 amide bonds. The van der Waals surface area contributed by atoms with Gasteiger partial charge in [0.25, 0.3) is 0 Å². The summed E-state index contributed by atoms with van der Waals surface area (Å²) in [5, 5.41) is 2.11. The van der Waals surface area contributed by atoms with Gasteiger partial charge in [-0.25, -0.2) is 0 Å². The molecule has 1 nitrogen and oxygen atoms in total. The van der Waals surface area contributed by atoms with Crippen molar-refractivity contribution in [2.75, 3.05) is 6.54 Å². The molecular formula is C7H11NS. The molecular weight excluding hydrogens is 130 g/mol. The third-order valence-corrected chi connectivity index (χ3v) is 2.27. The Kier molecular flexibility index (Phi) is 2.25. The molecule has 0 radical (unpaired) electrons. The van der Waals surface area contributed by atoms with E-state index in [1.807, 2.05) is 0 Å². The fourth-order valence-electron chi connectivity index (χ4n) is 0.826. The van der Waals surface area contributed by atoms with Crippen molar-refractivity contribution < 1.29 is 0 Å². The van der Waals surface area contributed by atoms with Crippen LogP contribution in [-0.4, -0.2) is 6.54 Å². The summed E-state index contributed by atoms with van der Waals surface area (Å²) in [6.07, 6.45) is 1.02. The molecule has 0 saturated heterocycles. The summed E-state index contributed by atoms with van der Waals surface area (Å²) >= 11 is 1.79. The van der Waals surface area contributed by atoms with Gasteiger partial charge in [0.2, 0.25) is 0 Å². The molecule has 0 aromatic carbocycles. The molecule has 1 aromatic rings. The lowest BCUT2D eigenvalue weighted by Gasteiger charge is -1.92. The van der Waals surface area contributed by atoms with E-state index in [0.717, 1.165) is 13.0 Å². The van der Waals surface area contributed by atoms with E-state index in [2.05, 4.69) is 18.4 Å². The van der Waals surface area contributed by atoms with Gasteiger partial charge in [-0.3, -0.25) is 0 Å². The maximum atomic E-state index is 5.39. The van der Waals surface area contributed by atoms with Crippen LogP contribution in [0.3, 0.4) is 0 Å². The standard InChI is InChI=1S/C7H11NS/c1-6-7(2-4-8)3-5-9-6/h3,5H,2,4,8H2,1H3. The largest absolute Gasteiger partial charge is 0.330 e. The van der Waals surface area contributed by atoms with Crippen LogP contribution in [0.2, 0.25) is 0 Å². The van der Waals surface area contributed by atoms with Crippen molar-refractivity contribution in [1.82, 2.24) is 0 Å². The number of aryl methyl sites for hydroxylation is 1. The maximum Gasteiger partial charge on any atom is 0.00466 e. The number of hydrogen-bond acceptors (Lipinski definition) is 2. The van der Waals surface area contributed by atoms with Gasteiger partial charge in [-0.15, -0.1) is 11.3 Å². The summed E-state index contributed by atoms with van der Waals surface area (Å²) in [6.45, 7) is 2.90. The van der Waals surface area contributed by atoms with E-state index in [0.29, 0.717) is 0 Å². The monoisotopic (exact) mass is 141 g/mol. The van der Waals surface area contributed by atoms with Crippen LogP contribution in [0, 0.1) is 6.92 Å². The lowest BCUT2D eigenvalue weighted by molar-refractivity contribution is 0.967. The summed E-state index contributed by atoms with van der Waals surface area (Å²) in [4.78, 5) is 1.40. The van der Waals surface area contributed by atoms with Gasteiger partial charge < -0.3 is 5.73 Å². The lowest BCUT2D eigenvalue weighted by atomic mass is 10.2. The second-order valence-electron chi connectivity index (χ2n) is 2.04. The summed E-state index contributed by atoms with van der Waals surface area (Å²) in [5.41, 5.74) is 6.80. The molecule has 1 aromatic heterocycles. The van der Waals surface area contributed by atoms with Crippen molar-refractivity contribution in [3.8, 4) is 0 Å². The van der Waals surface area contributed by atoms with Crippen LogP contribution < -0.4 is 5.73 Å². The van der Waals surface area contributed by atoms with Gasteiger partial charge in [-0.2, -0.15) is 0 Å². The first-order valence-corrected chi connectivity index (χ1v) is 3.95. The van der Waals surface area contributed by atoms with E-state index in [4.69, 9.17) is 5.73 Å². The zero-order valence-corrected chi connectivity index (χ0v) is 6.37. The summed E-state index contributed by atoms with van der Waals surface area (Å²) in [5.74, 6) is 0. The first-order chi connectivity index (χ1) is 4.34. The van der Waals surface area contributed by atoms with Crippen LogP contribution in [0.15, 0.2) is 11.4 Å². The molecule has 0 aliphatic carbocycles. The average molecular weight is 141 g/mol. The predicted molar refractivity (Wildman–Crippen MR) is 41.8 cm³/mol. The van der Waals surface area contributed by atoms with E-state index in [1.165, 1.54) is 10.4 Å². The second-order valence-corrected chi connectivity index (χ2v) is 3.16. The number of thiophene rings is 1. The van der Waals surface area contributed by atoms with Crippen molar-refractivity contribution in [3.63, 3.8) is 0 Å². The van der Waals surface area contributed by atoms with Crippen LogP contribution in [0.5, 0.6) is 0 Å². The van der Waals surface area contributed by atoms with E-state index < -0.39 is 0 Å². The quantitative estimate of drug-likeness (QED) is 0.664. The molecule has 0 bridgehead atoms. The highest BCUT2D eigenvalue weighted by atomic mass is 32.1. The Hall–Kier alpha value is -0.340. The highest BCUT2D eigenvalue weighted by molar-refractivity contribution is 7.10. The molecule has 0 fully saturated rings. The number of rotatable bonds is 2. The Labute approximate surface area is 59.5 Å². The fraction of sp³-hybridized carbons (Fsp3) is 0.429. The Bertz CT molecular complexity index is 181. The lowest BCUT2D eigenvalue weighted by Crippen LogP contribution is -2.02. The van der Waals surface area contributed by atoms with Crippen LogP contribution in [0.1, 0.15) is 10.4 Å². The Balaban J connectivity index is 2.69. The zero-order chi connectivity index (χ0) is 6.69. The number of hydrogen-bond donors (Lipinski definition) is 1. The average Bonchev–Trinajstić information content (AvgIpc) is 2.18. The van der Waals surface area contributed by atoms with E-state index >= 15 is 0 Å². The molecule has 0 atom stereocenters. The molecule has 2 heteroatoms. The van der Waals surface area contributed by atoms with Crippen LogP contribution >= 0.6 is 11.3 Å². The first-order valence-electron chi connectivity index (χ1n) is 3.07. The van der Waals surface area contributed by atoms with Crippen molar-refractivity contribution >= 4 is 11.3 Å². The third-order valence-electron chi connectivity index (χ3n) is 1.38. The summed E-state index contributed by atoms with van der Waals surface area (Å²) in [7, 11) is 0. The molecule has 0 aliphatic heterocycles. The van der Waals surface area contributed by atoms with Gasteiger partial charge >= 0.3 is 0 Å². The third kappa shape index (κ3) is 1.53. The van der Waals surface area contributed by atoms with Gasteiger partial charge in [0.15, 0.2) is 0 Å². The maximum absolute atomic E-state index is 5.39. The Morgan fingerprint density at radius 2 is 2.44 bits per heavy atom. The molecule has 0 unspecified atom stereocenters. The first kappa shape index (κ1) is 6.78. The highest BCUT2D eigenvalue weighted by Gasteiger charge is 1.95. The van der Waals surface area contributed by atoms with Crippen LogP contribution in [0.4, 0.5) is 0 Å². The van der Waals surface area contributed by atoms with E-state index in [9.17, 15) is 0 Å². The minimum absolute atomic E-state index is 0.761. The molecule has 9 heavy (non-hydrogen) atoms. The van der Waals surface area contributed by atoms with Crippen molar-refractivity contribution in [2.45, 2.75) is 13.3 Å². The predicted octanol–water partition coefficient (Wildman–Crippen LogP) is 1.56. The minimum Gasteiger partial charge on any atom is -0.330 e. The smallest absolute Gasteiger partial charge is 0.00466 e. The van der Waals surface area contributed by atoms with E-state index in [1.54, 1.807) is 11.3 Å². The Morgan fingerprint density at radius 1 is 1.67 bits per heavy atom. The van der Waals surface area contributed by atoms with Gasteiger partial charge in [0.05, 0.1) is 0 Å². The minimum atomic E-state index is 0.761. The van der Waals surface area contributed by atoms with Gasteiger partial charge in [0.1, 0.15) is 0 Å². The van der Waals surface area contributed by atoms with Gasteiger partial charge in [-0.05, 0) is 36.9 Å². The fourth-order valence-corrected chi connectivity index (χ4v) is 1.58. The van der Waals surface area contributed by atoms with Gasteiger partial charge in [-0.1, -0.05) is 0 Å². The molecule has 0 spiro atoms. The highest BCUT2D eigenvalue weighted by Crippen LogP contribution is 2.14. The van der Waals surface area contributed by atoms with Crippen molar-refractivity contribution in [3.05, 3.63) is 21.9 Å². The topological polar surface area (TPSA) is 26.0 Å².